The number of benzene rings is 4. The molecule has 0 radical (unpaired) electrons. The molecule has 0 aromatic heterocycles. The Hall–Kier alpha value is -4.49. The molecule has 0 amide bonds. The third kappa shape index (κ3) is 6.10. The maximum atomic E-state index is 12.9. The number of likely N-dealkylation sites (N-methyl/N-ethyl adjacent to an activating group) is 2. The molecule has 6 bridgehead atoms. The van der Waals surface area contributed by atoms with Crippen molar-refractivity contribution < 1.29 is 41.4 Å². The predicted molar refractivity (Wildman–Crippen MR) is 187 cm³/mol. The van der Waals surface area contributed by atoms with Gasteiger partial charge in [0.05, 0.1) is 28.4 Å². The van der Waals surface area contributed by atoms with Gasteiger partial charge in [0.25, 0.3) is 10.1 Å². The Morgan fingerprint density at radius 2 is 1.32 bits per heavy atom. The van der Waals surface area contributed by atoms with E-state index < -0.39 is 16.2 Å². The first-order valence-electron chi connectivity index (χ1n) is 16.5. The maximum absolute atomic E-state index is 12.9. The summed E-state index contributed by atoms with van der Waals surface area (Å²) in [6.45, 7) is 1.57. The summed E-state index contributed by atoms with van der Waals surface area (Å²) in [5, 5.41) is 0. The zero-order valence-electron chi connectivity index (χ0n) is 29.1. The van der Waals surface area contributed by atoms with E-state index in [2.05, 4.69) is 29.0 Å². The van der Waals surface area contributed by atoms with Gasteiger partial charge < -0.3 is 28.4 Å². The van der Waals surface area contributed by atoms with Crippen LogP contribution in [0.2, 0.25) is 0 Å². The van der Waals surface area contributed by atoms with E-state index in [1.165, 1.54) is 18.7 Å². The van der Waals surface area contributed by atoms with Crippen molar-refractivity contribution in [2.75, 3.05) is 55.6 Å². The Morgan fingerprint density at radius 3 is 1.98 bits per heavy atom. The highest BCUT2D eigenvalue weighted by molar-refractivity contribution is 7.85. The van der Waals surface area contributed by atoms with Crippen molar-refractivity contribution in [1.29, 1.82) is 0 Å². The molecule has 0 fully saturated rings. The fourth-order valence-electron chi connectivity index (χ4n) is 7.55. The summed E-state index contributed by atoms with van der Waals surface area (Å²) in [6.07, 6.45) is 2.48. The largest absolute Gasteiger partial charge is 0.493 e. The molecule has 4 aromatic rings. The van der Waals surface area contributed by atoms with Crippen molar-refractivity contribution in [3.8, 4) is 46.0 Å². The van der Waals surface area contributed by atoms with Gasteiger partial charge in [0.1, 0.15) is 10.6 Å². The summed E-state index contributed by atoms with van der Waals surface area (Å²) < 4.78 is 72.8. The summed E-state index contributed by atoms with van der Waals surface area (Å²) in [7, 11) is 5.70. The highest BCUT2D eigenvalue weighted by Crippen LogP contribution is 2.52. The maximum Gasteiger partial charge on any atom is 0.294 e. The Bertz CT molecular complexity index is 2050. The van der Waals surface area contributed by atoms with Crippen molar-refractivity contribution >= 4 is 10.1 Å². The van der Waals surface area contributed by atoms with Crippen LogP contribution in [0, 0.1) is 0 Å². The van der Waals surface area contributed by atoms with Crippen LogP contribution in [-0.4, -0.2) is 78.4 Å². The molecule has 1 N–H and O–H groups in total. The average Bonchev–Trinajstić information content (AvgIpc) is 3.10. The normalized spacial score (nSPS) is 18.9. The van der Waals surface area contributed by atoms with E-state index >= 15 is 0 Å². The minimum Gasteiger partial charge on any atom is -0.493 e. The average molecular weight is 703 g/mol. The van der Waals surface area contributed by atoms with E-state index in [4.69, 9.17) is 28.4 Å². The lowest BCUT2D eigenvalue weighted by molar-refractivity contribution is 0.219. The molecule has 11 nitrogen and oxygen atoms in total. The van der Waals surface area contributed by atoms with Gasteiger partial charge in [0.2, 0.25) is 5.75 Å². The van der Waals surface area contributed by atoms with Crippen LogP contribution < -0.4 is 28.4 Å². The Morgan fingerprint density at radius 1 is 0.700 bits per heavy atom. The van der Waals surface area contributed by atoms with E-state index in [9.17, 15) is 13.0 Å². The molecular formula is C38H42N2O9S. The van der Waals surface area contributed by atoms with Crippen molar-refractivity contribution in [2.24, 2.45) is 0 Å². The van der Waals surface area contributed by atoms with Crippen molar-refractivity contribution in [2.45, 2.75) is 42.7 Å². The molecule has 0 spiro atoms. The monoisotopic (exact) mass is 702 g/mol. The quantitative estimate of drug-likeness (QED) is 0.233. The SMILES string of the molecule is COc1cc(S(=O)(=O)O)c2cc1Oc1ccc(cc1)CC1c3cc(c(OC)cc3CCN1C)Oc1c(OC)c(OC)cc3c1[C@H](C2)N(C)CC3. The zero-order valence-corrected chi connectivity index (χ0v) is 29.9. The van der Waals surface area contributed by atoms with Gasteiger partial charge in [-0.1, -0.05) is 12.1 Å². The van der Waals surface area contributed by atoms with Crippen LogP contribution in [0.1, 0.15) is 45.5 Å². The number of rotatable bonds is 5. The van der Waals surface area contributed by atoms with Gasteiger partial charge in [0.15, 0.2) is 34.5 Å². The highest BCUT2D eigenvalue weighted by atomic mass is 32.2. The smallest absolute Gasteiger partial charge is 0.294 e. The van der Waals surface area contributed by atoms with Crippen LogP contribution in [0.25, 0.3) is 0 Å². The number of hydrogen-bond donors (Lipinski definition) is 1. The Kier molecular flexibility index (Phi) is 9.06. The number of nitrogens with zero attached hydrogens (tertiary/aromatic N) is 2. The summed E-state index contributed by atoms with van der Waals surface area (Å²) in [5.41, 5.74) is 5.61. The molecule has 4 aromatic carbocycles. The van der Waals surface area contributed by atoms with Crippen LogP contribution in [-0.2, 0) is 35.8 Å². The minimum atomic E-state index is -4.66. The van der Waals surface area contributed by atoms with Crippen molar-refractivity contribution in [1.82, 2.24) is 9.80 Å². The van der Waals surface area contributed by atoms with Gasteiger partial charge in [0, 0.05) is 36.8 Å². The summed E-state index contributed by atoms with van der Waals surface area (Å²) in [5.74, 6) is 3.56. The fourth-order valence-corrected chi connectivity index (χ4v) is 8.28. The van der Waals surface area contributed by atoms with Gasteiger partial charge in [-0.3, -0.25) is 14.4 Å². The first-order valence-corrected chi connectivity index (χ1v) is 18.0. The molecule has 50 heavy (non-hydrogen) atoms. The summed E-state index contributed by atoms with van der Waals surface area (Å²) in [6, 6.07) is 16.6. The van der Waals surface area contributed by atoms with Crippen LogP contribution in [0.15, 0.2) is 59.5 Å². The van der Waals surface area contributed by atoms with Gasteiger partial charge in [-0.15, -0.1) is 0 Å². The molecule has 0 aliphatic carbocycles. The molecule has 264 valence electrons. The van der Waals surface area contributed by atoms with E-state index in [-0.39, 0.29) is 23.1 Å². The topological polar surface area (TPSA) is 116 Å². The third-order valence-corrected chi connectivity index (χ3v) is 11.2. The first kappa shape index (κ1) is 34.0. The molecular weight excluding hydrogens is 660 g/mol. The zero-order chi connectivity index (χ0) is 35.3. The number of ether oxygens (including phenoxy) is 6. The lowest BCUT2D eigenvalue weighted by atomic mass is 9.87. The highest BCUT2D eigenvalue weighted by Gasteiger charge is 2.36. The Balaban J connectivity index is 1.51. The number of hydrogen-bond acceptors (Lipinski definition) is 10. The second-order valence-corrected chi connectivity index (χ2v) is 14.4. The molecule has 0 saturated heterocycles. The fraction of sp³-hybridized carbons (Fsp3) is 0.368. The number of methoxy groups -OCH3 is 4. The van der Waals surface area contributed by atoms with Gasteiger partial charge >= 0.3 is 0 Å². The molecule has 12 heteroatoms. The van der Waals surface area contributed by atoms with E-state index in [0.717, 1.165) is 41.6 Å². The summed E-state index contributed by atoms with van der Waals surface area (Å²) >= 11 is 0. The second-order valence-electron chi connectivity index (χ2n) is 13.1. The van der Waals surface area contributed by atoms with Gasteiger partial charge in [-0.25, -0.2) is 0 Å². The number of fused-ring (bicyclic) bond motifs is 2. The third-order valence-electron chi connectivity index (χ3n) is 10.2. The summed E-state index contributed by atoms with van der Waals surface area (Å²) in [4.78, 5) is 4.25. The van der Waals surface area contributed by atoms with E-state index in [0.29, 0.717) is 58.8 Å². The molecule has 8 rings (SSSR count). The molecule has 4 aliphatic heterocycles. The standard InChI is InChI=1S/C38H42N2O9S/c1-39-13-11-23-17-30(44-3)33-20-27(23)28(39)15-22-7-9-26(10-8-22)48-32-19-25(35(50(41,42)43)21-31(32)45-4)16-29-36-24(12-14-40(29)2)18-34(46-5)37(47-6)38(36)49-33/h7-10,17-21,28-29H,11-16H2,1-6H3,(H,41,42,43)/t28?,29-/m0/s1. The van der Waals surface area contributed by atoms with Crippen molar-refractivity contribution in [3.05, 3.63) is 88.0 Å². The van der Waals surface area contributed by atoms with Gasteiger partial charge in [-0.05, 0) is 104 Å². The second kappa shape index (κ2) is 13.3. The van der Waals surface area contributed by atoms with Gasteiger partial charge in [-0.2, -0.15) is 8.42 Å². The molecule has 1 unspecified atom stereocenters. The van der Waals surface area contributed by atoms with Crippen LogP contribution in [0.4, 0.5) is 0 Å². The van der Waals surface area contributed by atoms with Crippen molar-refractivity contribution in [3.63, 3.8) is 0 Å². The predicted octanol–water partition coefficient (Wildman–Crippen LogP) is 6.41. The molecule has 2 atom stereocenters. The van der Waals surface area contributed by atoms with Crippen LogP contribution in [0.3, 0.4) is 0 Å². The first-order chi connectivity index (χ1) is 24.0. The van der Waals surface area contributed by atoms with E-state index in [1.807, 2.05) is 37.4 Å². The molecule has 0 saturated carbocycles. The Labute approximate surface area is 293 Å². The molecule has 4 heterocycles. The lowest BCUT2D eigenvalue weighted by Gasteiger charge is -2.37. The van der Waals surface area contributed by atoms with Crippen LogP contribution in [0.5, 0.6) is 46.0 Å². The minimum absolute atomic E-state index is 0.0771. The van der Waals surface area contributed by atoms with E-state index in [1.54, 1.807) is 27.4 Å². The van der Waals surface area contributed by atoms with Crippen LogP contribution >= 0.6 is 0 Å². The molecule has 4 aliphatic rings. The lowest BCUT2D eigenvalue weighted by Crippen LogP contribution is -2.34.